The first kappa shape index (κ1) is 9.69. The molecule has 2 nitrogen and oxygen atoms in total. The van der Waals surface area contributed by atoms with Crippen LogP contribution in [0.1, 0.15) is 13.8 Å². The van der Waals surface area contributed by atoms with Gasteiger partial charge in [-0.25, -0.2) is 4.99 Å². The molecule has 0 fully saturated rings. The summed E-state index contributed by atoms with van der Waals surface area (Å²) in [4.78, 5) is 3.50. The quantitative estimate of drug-likeness (QED) is 0.344. The van der Waals surface area contributed by atoms with Crippen LogP contribution >= 0.6 is 0 Å². The Hall–Kier alpha value is -1.31. The van der Waals surface area contributed by atoms with Gasteiger partial charge in [0.05, 0.1) is 0 Å². The van der Waals surface area contributed by atoms with Crippen LogP contribution < -0.4 is 0 Å². The molecule has 0 spiro atoms. The van der Waals surface area contributed by atoms with E-state index < -0.39 is 0 Å². The third kappa shape index (κ3) is 5.15. The summed E-state index contributed by atoms with van der Waals surface area (Å²) in [7, 11) is 0. The van der Waals surface area contributed by atoms with E-state index in [9.17, 15) is 0 Å². The Balaban J connectivity index is 4.06. The van der Waals surface area contributed by atoms with Crippen molar-refractivity contribution in [3.8, 4) is 0 Å². The lowest BCUT2D eigenvalue weighted by molar-refractivity contribution is 0.306. The molecule has 0 aromatic rings. The molecule has 0 unspecified atom stereocenters. The van der Waals surface area contributed by atoms with E-state index in [1.54, 1.807) is 6.08 Å². The summed E-state index contributed by atoms with van der Waals surface area (Å²) in [6.45, 7) is 14.2. The highest BCUT2D eigenvalue weighted by Gasteiger charge is 1.91. The van der Waals surface area contributed by atoms with Crippen molar-refractivity contribution in [1.82, 2.24) is 0 Å². The highest BCUT2D eigenvalue weighted by atomic mass is 16.5. The van der Waals surface area contributed by atoms with Crippen LogP contribution in [0.5, 0.6) is 0 Å². The smallest absolute Gasteiger partial charge is 0.210 e. The fraction of sp³-hybridized carbons (Fsp3) is 0.222. The second kappa shape index (κ2) is 4.50. The summed E-state index contributed by atoms with van der Waals surface area (Å²) in [5.41, 5.74) is 0.930. The number of nitrogens with zero attached hydrogens (tertiary/aromatic N) is 1. The van der Waals surface area contributed by atoms with Crippen molar-refractivity contribution in [2.45, 2.75) is 13.8 Å². The second-order valence-corrected chi connectivity index (χ2v) is 2.26. The average molecular weight is 151 g/mol. The molecular weight excluding hydrogens is 138 g/mol. The molecule has 0 aliphatic rings. The molecule has 0 aliphatic carbocycles. The molecule has 0 amide bonds. The van der Waals surface area contributed by atoms with Crippen LogP contribution in [0.4, 0.5) is 0 Å². The molecule has 11 heavy (non-hydrogen) atoms. The molecule has 0 bridgehead atoms. The molecule has 0 N–H and O–H groups in total. The number of hydrogen-bond acceptors (Lipinski definition) is 2. The lowest BCUT2D eigenvalue weighted by Gasteiger charge is -2.02. The van der Waals surface area contributed by atoms with E-state index in [1.165, 1.54) is 0 Å². The zero-order valence-electron chi connectivity index (χ0n) is 7.05. The lowest BCUT2D eigenvalue weighted by atomic mass is 10.3. The summed E-state index contributed by atoms with van der Waals surface area (Å²) >= 11 is 0. The topological polar surface area (TPSA) is 21.6 Å². The molecule has 0 heterocycles. The third-order valence-corrected chi connectivity index (χ3v) is 0.905. The summed E-state index contributed by atoms with van der Waals surface area (Å²) in [6, 6.07) is 0. The minimum Gasteiger partial charge on any atom is -0.444 e. The summed E-state index contributed by atoms with van der Waals surface area (Å²) in [5.74, 6) is 1.02. The molecule has 60 valence electrons. The molecule has 0 saturated heterocycles. The largest absolute Gasteiger partial charge is 0.444 e. The Morgan fingerprint density at radius 2 is 1.91 bits per heavy atom. The number of hydrogen-bond donors (Lipinski definition) is 0. The van der Waals surface area contributed by atoms with Crippen molar-refractivity contribution in [1.29, 1.82) is 0 Å². The number of aliphatic imine (C=N–C) groups is 1. The first-order valence-corrected chi connectivity index (χ1v) is 3.23. The van der Waals surface area contributed by atoms with Gasteiger partial charge in [-0.15, -0.1) is 0 Å². The minimum atomic E-state index is 0.306. The van der Waals surface area contributed by atoms with Crippen LogP contribution in [0, 0.1) is 0 Å². The molecule has 0 radical (unpaired) electrons. The zero-order chi connectivity index (χ0) is 8.85. The highest BCUT2D eigenvalue weighted by Crippen LogP contribution is 2.06. The maximum atomic E-state index is 5.09. The van der Waals surface area contributed by atoms with Gasteiger partial charge < -0.3 is 4.74 Å². The molecular formula is C9H13NO. The van der Waals surface area contributed by atoms with Gasteiger partial charge in [-0.1, -0.05) is 12.2 Å². The Kier molecular flexibility index (Phi) is 3.96. The van der Waals surface area contributed by atoms with Crippen molar-refractivity contribution >= 4 is 6.72 Å². The Bertz CT molecular complexity index is 214. The van der Waals surface area contributed by atoms with Gasteiger partial charge in [0.15, 0.2) is 0 Å². The lowest BCUT2D eigenvalue weighted by Crippen LogP contribution is -1.85. The number of ether oxygens (including phenoxy) is 1. The van der Waals surface area contributed by atoms with E-state index in [0.29, 0.717) is 5.88 Å². The normalized spacial score (nSPS) is 10.5. The van der Waals surface area contributed by atoms with Crippen molar-refractivity contribution in [2.75, 3.05) is 0 Å². The average Bonchev–Trinajstić information content (AvgIpc) is 1.85. The Morgan fingerprint density at radius 3 is 2.27 bits per heavy atom. The van der Waals surface area contributed by atoms with E-state index >= 15 is 0 Å². The second-order valence-electron chi connectivity index (χ2n) is 2.26. The van der Waals surface area contributed by atoms with Crippen molar-refractivity contribution in [3.63, 3.8) is 0 Å². The Morgan fingerprint density at radius 1 is 1.36 bits per heavy atom. The molecule has 0 saturated carbocycles. The molecule has 2 heteroatoms. The maximum Gasteiger partial charge on any atom is 0.210 e. The predicted octanol–water partition coefficient (Wildman–Crippen LogP) is 2.65. The monoisotopic (exact) mass is 151 g/mol. The Labute approximate surface area is 67.6 Å². The standard InChI is InChI=1S/C9H13NO/c1-7(2)6-8(3)11-9(4)10-5/h6H,1,4-5H2,2-3H3/b8-6+. The van der Waals surface area contributed by atoms with Crippen LogP contribution in [-0.4, -0.2) is 6.72 Å². The van der Waals surface area contributed by atoms with E-state index in [4.69, 9.17) is 4.74 Å². The van der Waals surface area contributed by atoms with Gasteiger partial charge in [0.25, 0.3) is 0 Å². The van der Waals surface area contributed by atoms with Gasteiger partial charge in [-0.05, 0) is 33.2 Å². The first-order valence-electron chi connectivity index (χ1n) is 3.23. The van der Waals surface area contributed by atoms with Crippen molar-refractivity contribution in [3.05, 3.63) is 36.4 Å². The number of allylic oxidation sites excluding steroid dienone is 3. The fourth-order valence-corrected chi connectivity index (χ4v) is 0.595. The number of rotatable bonds is 4. The van der Waals surface area contributed by atoms with Crippen molar-refractivity contribution < 1.29 is 4.74 Å². The zero-order valence-corrected chi connectivity index (χ0v) is 7.05. The van der Waals surface area contributed by atoms with Crippen LogP contribution in [0.15, 0.2) is 41.4 Å². The van der Waals surface area contributed by atoms with E-state index in [1.807, 2.05) is 13.8 Å². The van der Waals surface area contributed by atoms with Crippen molar-refractivity contribution in [2.24, 2.45) is 4.99 Å². The van der Waals surface area contributed by atoms with E-state index in [0.717, 1.165) is 11.3 Å². The van der Waals surface area contributed by atoms with Gasteiger partial charge in [-0.3, -0.25) is 0 Å². The van der Waals surface area contributed by atoms with Gasteiger partial charge >= 0.3 is 0 Å². The van der Waals surface area contributed by atoms with E-state index in [-0.39, 0.29) is 0 Å². The minimum absolute atomic E-state index is 0.306. The first-order chi connectivity index (χ1) is 5.06. The molecule has 0 atom stereocenters. The summed E-state index contributed by atoms with van der Waals surface area (Å²) in [6.07, 6.45) is 1.80. The van der Waals surface area contributed by atoms with E-state index in [2.05, 4.69) is 24.9 Å². The highest BCUT2D eigenvalue weighted by molar-refractivity contribution is 5.27. The predicted molar refractivity (Wildman–Crippen MR) is 48.3 cm³/mol. The summed E-state index contributed by atoms with van der Waals surface area (Å²) < 4.78 is 5.09. The van der Waals surface area contributed by atoms with Crippen LogP contribution in [0.3, 0.4) is 0 Å². The maximum absolute atomic E-state index is 5.09. The summed E-state index contributed by atoms with van der Waals surface area (Å²) in [5, 5.41) is 0. The fourth-order valence-electron chi connectivity index (χ4n) is 0.595. The SMILES string of the molecule is C=NC(=C)O/C(C)=C/C(=C)C. The molecule has 0 rings (SSSR count). The van der Waals surface area contributed by atoms with Crippen LogP contribution in [0.2, 0.25) is 0 Å². The van der Waals surface area contributed by atoms with Crippen LogP contribution in [-0.2, 0) is 4.74 Å². The third-order valence-electron chi connectivity index (χ3n) is 0.905. The van der Waals surface area contributed by atoms with Crippen LogP contribution in [0.25, 0.3) is 0 Å². The molecule has 0 aliphatic heterocycles. The molecule has 0 aromatic heterocycles. The van der Waals surface area contributed by atoms with Gasteiger partial charge in [-0.2, -0.15) is 0 Å². The van der Waals surface area contributed by atoms with Gasteiger partial charge in [0, 0.05) is 0 Å². The molecule has 0 aromatic carbocycles. The van der Waals surface area contributed by atoms with Gasteiger partial charge in [0.2, 0.25) is 5.88 Å². The van der Waals surface area contributed by atoms with Gasteiger partial charge in [0.1, 0.15) is 5.76 Å².